The Morgan fingerprint density at radius 2 is 2.13 bits per heavy atom. The van der Waals surface area contributed by atoms with Gasteiger partial charge in [0.2, 0.25) is 0 Å². The first-order valence-corrected chi connectivity index (χ1v) is 8.22. The van der Waals surface area contributed by atoms with Gasteiger partial charge in [-0.2, -0.15) is 24.4 Å². The van der Waals surface area contributed by atoms with Gasteiger partial charge in [0, 0.05) is 5.25 Å². The number of thiol groups is 1. The zero-order valence-corrected chi connectivity index (χ0v) is 12.0. The maximum Gasteiger partial charge on any atom is 0.00728 e. The third-order valence-electron chi connectivity index (χ3n) is 3.58. The van der Waals surface area contributed by atoms with Crippen molar-refractivity contribution in [3.8, 4) is 0 Å². The normalized spacial score (nSPS) is 28.2. The van der Waals surface area contributed by atoms with Gasteiger partial charge in [0.15, 0.2) is 0 Å². The first kappa shape index (κ1) is 13.8. The van der Waals surface area contributed by atoms with Gasteiger partial charge < -0.3 is 0 Å². The first-order valence-electron chi connectivity index (χ1n) is 6.54. The molecule has 3 unspecified atom stereocenters. The zero-order chi connectivity index (χ0) is 11.1. The Balaban J connectivity index is 2.29. The lowest BCUT2D eigenvalue weighted by molar-refractivity contribution is 0.465. The molecule has 0 spiro atoms. The highest BCUT2D eigenvalue weighted by molar-refractivity contribution is 7.99. The van der Waals surface area contributed by atoms with Crippen LogP contribution in [0.5, 0.6) is 0 Å². The topological polar surface area (TPSA) is 0 Å². The summed E-state index contributed by atoms with van der Waals surface area (Å²) in [6.45, 7) is 4.65. The highest BCUT2D eigenvalue weighted by Gasteiger charge is 2.29. The number of hydrogen-bond donors (Lipinski definition) is 1. The average molecular weight is 246 g/mol. The van der Waals surface area contributed by atoms with Crippen molar-refractivity contribution < 1.29 is 0 Å². The molecule has 1 rings (SSSR count). The summed E-state index contributed by atoms with van der Waals surface area (Å²) in [5.41, 5.74) is 0. The zero-order valence-electron chi connectivity index (χ0n) is 10.2. The fourth-order valence-electron chi connectivity index (χ4n) is 2.75. The van der Waals surface area contributed by atoms with Crippen LogP contribution >= 0.6 is 24.4 Å². The summed E-state index contributed by atoms with van der Waals surface area (Å²) in [6, 6.07) is 0. The highest BCUT2D eigenvalue weighted by Crippen LogP contribution is 2.40. The summed E-state index contributed by atoms with van der Waals surface area (Å²) in [6.07, 6.45) is 8.46. The van der Waals surface area contributed by atoms with Crippen LogP contribution in [-0.2, 0) is 0 Å². The molecule has 0 saturated heterocycles. The molecule has 0 N–H and O–H groups in total. The highest BCUT2D eigenvalue weighted by atomic mass is 32.2. The lowest BCUT2D eigenvalue weighted by atomic mass is 9.98. The van der Waals surface area contributed by atoms with Crippen molar-refractivity contribution in [2.45, 2.75) is 57.6 Å². The molecule has 0 radical (unpaired) electrons. The van der Waals surface area contributed by atoms with E-state index in [9.17, 15) is 0 Å². The molecule has 90 valence electrons. The van der Waals surface area contributed by atoms with Gasteiger partial charge in [-0.15, -0.1) is 0 Å². The van der Waals surface area contributed by atoms with Gasteiger partial charge in [-0.05, 0) is 55.4 Å². The Kier molecular flexibility index (Phi) is 7.24. The first-order chi connectivity index (χ1) is 7.31. The summed E-state index contributed by atoms with van der Waals surface area (Å²) >= 11 is 6.57. The molecule has 1 aliphatic carbocycles. The van der Waals surface area contributed by atoms with E-state index in [2.05, 4.69) is 38.2 Å². The molecule has 0 aromatic carbocycles. The van der Waals surface area contributed by atoms with Crippen LogP contribution < -0.4 is 0 Å². The van der Waals surface area contributed by atoms with E-state index in [1.807, 2.05) is 0 Å². The molecule has 0 aromatic rings. The van der Waals surface area contributed by atoms with Crippen LogP contribution in [0.4, 0.5) is 0 Å². The van der Waals surface area contributed by atoms with E-state index in [4.69, 9.17) is 0 Å². The summed E-state index contributed by atoms with van der Waals surface area (Å²) in [4.78, 5) is 0. The molecule has 0 nitrogen and oxygen atoms in total. The van der Waals surface area contributed by atoms with Crippen molar-refractivity contribution >= 4 is 24.4 Å². The summed E-state index contributed by atoms with van der Waals surface area (Å²) in [5, 5.41) is 0.940. The fraction of sp³-hybridized carbons (Fsp3) is 1.00. The molecular formula is C13H26S2. The minimum absolute atomic E-state index is 0.940. The Hall–Kier alpha value is 0.700. The SMILES string of the molecule is CCCSC(CC)C1CCC(CCS)C1. The molecule has 0 aliphatic heterocycles. The lowest BCUT2D eigenvalue weighted by Crippen LogP contribution is -2.14. The van der Waals surface area contributed by atoms with E-state index in [-0.39, 0.29) is 0 Å². The standard InChI is InChI=1S/C13H26S2/c1-3-9-15-13(4-2)12-6-5-11(10-12)7-8-14/h11-14H,3-10H2,1-2H3. The van der Waals surface area contributed by atoms with Crippen LogP contribution in [0.15, 0.2) is 0 Å². The van der Waals surface area contributed by atoms with Crippen LogP contribution in [0, 0.1) is 11.8 Å². The second-order valence-electron chi connectivity index (χ2n) is 4.77. The van der Waals surface area contributed by atoms with Crippen LogP contribution in [0.25, 0.3) is 0 Å². The van der Waals surface area contributed by atoms with Crippen molar-refractivity contribution in [1.29, 1.82) is 0 Å². The molecule has 2 heteroatoms. The predicted octanol–water partition coefficient (Wildman–Crippen LogP) is 4.64. The van der Waals surface area contributed by atoms with Gasteiger partial charge in [0.1, 0.15) is 0 Å². The van der Waals surface area contributed by atoms with Gasteiger partial charge >= 0.3 is 0 Å². The van der Waals surface area contributed by atoms with E-state index in [1.165, 1.54) is 44.3 Å². The van der Waals surface area contributed by atoms with Gasteiger partial charge in [-0.3, -0.25) is 0 Å². The van der Waals surface area contributed by atoms with Crippen molar-refractivity contribution in [2.24, 2.45) is 11.8 Å². The maximum atomic E-state index is 4.35. The minimum Gasteiger partial charge on any atom is -0.179 e. The largest absolute Gasteiger partial charge is 0.179 e. The molecule has 1 fully saturated rings. The van der Waals surface area contributed by atoms with Crippen LogP contribution in [0.3, 0.4) is 0 Å². The Labute approximate surface area is 105 Å². The predicted molar refractivity (Wildman–Crippen MR) is 76.1 cm³/mol. The van der Waals surface area contributed by atoms with E-state index >= 15 is 0 Å². The molecule has 1 saturated carbocycles. The van der Waals surface area contributed by atoms with E-state index < -0.39 is 0 Å². The monoisotopic (exact) mass is 246 g/mol. The van der Waals surface area contributed by atoms with E-state index in [0.29, 0.717) is 0 Å². The van der Waals surface area contributed by atoms with Crippen molar-refractivity contribution in [2.75, 3.05) is 11.5 Å². The Bertz CT molecular complexity index is 159. The maximum absolute atomic E-state index is 4.35. The van der Waals surface area contributed by atoms with Crippen molar-refractivity contribution in [3.05, 3.63) is 0 Å². The average Bonchev–Trinajstić information content (AvgIpc) is 2.68. The second kappa shape index (κ2) is 7.89. The fourth-order valence-corrected chi connectivity index (χ4v) is 4.41. The molecule has 0 heterocycles. The van der Waals surface area contributed by atoms with Crippen LogP contribution in [-0.4, -0.2) is 16.8 Å². The molecule has 15 heavy (non-hydrogen) atoms. The Morgan fingerprint density at radius 1 is 1.33 bits per heavy atom. The number of thioether (sulfide) groups is 1. The number of rotatable bonds is 7. The van der Waals surface area contributed by atoms with Crippen LogP contribution in [0.1, 0.15) is 52.4 Å². The van der Waals surface area contributed by atoms with Gasteiger partial charge in [-0.25, -0.2) is 0 Å². The quantitative estimate of drug-likeness (QED) is 0.638. The summed E-state index contributed by atoms with van der Waals surface area (Å²) in [5.74, 6) is 4.43. The molecule has 1 aliphatic rings. The van der Waals surface area contributed by atoms with E-state index in [0.717, 1.165) is 22.8 Å². The second-order valence-corrected chi connectivity index (χ2v) is 6.56. The molecule has 3 atom stereocenters. The smallest absolute Gasteiger partial charge is 0.00728 e. The third kappa shape index (κ3) is 4.60. The van der Waals surface area contributed by atoms with Gasteiger partial charge in [0.05, 0.1) is 0 Å². The molecular weight excluding hydrogens is 220 g/mol. The lowest BCUT2D eigenvalue weighted by Gasteiger charge is -2.21. The molecule has 0 bridgehead atoms. The van der Waals surface area contributed by atoms with Gasteiger partial charge in [0.25, 0.3) is 0 Å². The summed E-state index contributed by atoms with van der Waals surface area (Å²) < 4.78 is 0. The van der Waals surface area contributed by atoms with Gasteiger partial charge in [-0.1, -0.05) is 20.3 Å². The number of hydrogen-bond acceptors (Lipinski definition) is 2. The molecule has 0 aromatic heterocycles. The minimum atomic E-state index is 0.940. The van der Waals surface area contributed by atoms with Crippen LogP contribution in [0.2, 0.25) is 0 Å². The molecule has 0 amide bonds. The third-order valence-corrected chi connectivity index (χ3v) is 5.63. The summed E-state index contributed by atoms with van der Waals surface area (Å²) in [7, 11) is 0. The van der Waals surface area contributed by atoms with Crippen molar-refractivity contribution in [3.63, 3.8) is 0 Å². The van der Waals surface area contributed by atoms with E-state index in [1.54, 1.807) is 0 Å². The van der Waals surface area contributed by atoms with Crippen molar-refractivity contribution in [1.82, 2.24) is 0 Å². The Morgan fingerprint density at radius 3 is 2.73 bits per heavy atom.